The molecule has 0 aliphatic heterocycles. The van der Waals surface area contributed by atoms with Gasteiger partial charge in [-0.1, -0.05) is 30.3 Å². The lowest BCUT2D eigenvalue weighted by Crippen LogP contribution is -2.20. The van der Waals surface area contributed by atoms with Crippen LogP contribution < -0.4 is 10.9 Å². The van der Waals surface area contributed by atoms with Crippen LogP contribution in [0.2, 0.25) is 0 Å². The number of nitrogens with one attached hydrogen (secondary N) is 3. The van der Waals surface area contributed by atoms with E-state index >= 15 is 0 Å². The highest BCUT2D eigenvalue weighted by Crippen LogP contribution is 2.00. The molecule has 0 unspecified atom stereocenters. The van der Waals surface area contributed by atoms with Crippen molar-refractivity contribution in [2.45, 2.75) is 6.54 Å². The lowest BCUT2D eigenvalue weighted by Gasteiger charge is -1.98. The molecule has 0 radical (unpaired) electrons. The van der Waals surface area contributed by atoms with Gasteiger partial charge in [-0.05, 0) is 11.6 Å². The average Bonchev–Trinajstić information content (AvgIpc) is 2.81. The lowest BCUT2D eigenvalue weighted by molar-refractivity contribution is -0.116. The van der Waals surface area contributed by atoms with E-state index in [9.17, 15) is 9.59 Å². The fourth-order valence-corrected chi connectivity index (χ4v) is 1.44. The topological polar surface area (TPSA) is 77.8 Å². The maximum Gasteiger partial charge on any atom is 0.264 e. The van der Waals surface area contributed by atoms with Crippen molar-refractivity contribution in [1.82, 2.24) is 15.5 Å². The number of H-pyrrole nitrogens is 2. The van der Waals surface area contributed by atoms with Gasteiger partial charge in [0.2, 0.25) is 5.91 Å². The summed E-state index contributed by atoms with van der Waals surface area (Å²) in [7, 11) is 0. The molecule has 1 aromatic carbocycles. The Balaban J connectivity index is 1.86. The van der Waals surface area contributed by atoms with Gasteiger partial charge >= 0.3 is 0 Å². The Morgan fingerprint density at radius 2 is 2.00 bits per heavy atom. The van der Waals surface area contributed by atoms with E-state index in [1.54, 1.807) is 6.08 Å². The molecule has 0 saturated carbocycles. The second-order valence-electron chi connectivity index (χ2n) is 3.75. The van der Waals surface area contributed by atoms with Gasteiger partial charge in [0.25, 0.3) is 5.56 Å². The largest absolute Gasteiger partial charge is 0.347 e. The van der Waals surface area contributed by atoms with Crippen molar-refractivity contribution in [2.75, 3.05) is 0 Å². The number of carbonyl (C=O) groups is 1. The van der Waals surface area contributed by atoms with Crippen LogP contribution in [0.3, 0.4) is 0 Å². The van der Waals surface area contributed by atoms with E-state index in [1.807, 2.05) is 30.3 Å². The minimum absolute atomic E-state index is 0.207. The van der Waals surface area contributed by atoms with E-state index in [4.69, 9.17) is 0 Å². The molecule has 5 nitrogen and oxygen atoms in total. The van der Waals surface area contributed by atoms with Crippen LogP contribution in [0.4, 0.5) is 0 Å². The highest BCUT2D eigenvalue weighted by molar-refractivity contribution is 5.91. The Morgan fingerprint density at radius 1 is 1.22 bits per heavy atom. The molecule has 18 heavy (non-hydrogen) atoms. The second-order valence-corrected chi connectivity index (χ2v) is 3.75. The molecule has 1 aromatic heterocycles. The second kappa shape index (κ2) is 5.67. The molecule has 1 amide bonds. The first-order valence-corrected chi connectivity index (χ1v) is 5.51. The molecule has 0 aliphatic rings. The maximum atomic E-state index is 11.5. The Morgan fingerprint density at radius 3 is 2.67 bits per heavy atom. The summed E-state index contributed by atoms with van der Waals surface area (Å²) < 4.78 is 0. The number of rotatable bonds is 4. The number of hydrogen-bond acceptors (Lipinski definition) is 2. The van der Waals surface area contributed by atoms with Crippen molar-refractivity contribution >= 4 is 12.0 Å². The van der Waals surface area contributed by atoms with Crippen molar-refractivity contribution in [2.24, 2.45) is 0 Å². The van der Waals surface area contributed by atoms with Crippen LogP contribution in [0.1, 0.15) is 11.3 Å². The summed E-state index contributed by atoms with van der Waals surface area (Å²) in [6, 6.07) is 11.0. The van der Waals surface area contributed by atoms with Gasteiger partial charge in [0.05, 0.1) is 12.2 Å². The minimum Gasteiger partial charge on any atom is -0.347 e. The maximum absolute atomic E-state index is 11.5. The third-order valence-corrected chi connectivity index (χ3v) is 2.33. The van der Waals surface area contributed by atoms with Crippen molar-refractivity contribution in [1.29, 1.82) is 0 Å². The van der Waals surface area contributed by atoms with E-state index in [-0.39, 0.29) is 18.0 Å². The molecule has 0 bridgehead atoms. The van der Waals surface area contributed by atoms with Crippen LogP contribution in [-0.4, -0.2) is 16.1 Å². The van der Waals surface area contributed by atoms with Crippen LogP contribution >= 0.6 is 0 Å². The predicted octanol–water partition coefficient (Wildman–Crippen LogP) is 1.03. The molecule has 92 valence electrons. The Kier molecular flexibility index (Phi) is 3.76. The normalized spacial score (nSPS) is 10.7. The molecule has 2 aromatic rings. The highest BCUT2D eigenvalue weighted by Gasteiger charge is 1.98. The summed E-state index contributed by atoms with van der Waals surface area (Å²) in [4.78, 5) is 22.3. The summed E-state index contributed by atoms with van der Waals surface area (Å²) in [5.41, 5.74) is 1.39. The molecule has 0 aliphatic carbocycles. The molecule has 0 fully saturated rings. The van der Waals surface area contributed by atoms with Crippen LogP contribution in [0.15, 0.2) is 47.3 Å². The zero-order chi connectivity index (χ0) is 12.8. The first kappa shape index (κ1) is 11.9. The van der Waals surface area contributed by atoms with Gasteiger partial charge in [-0.15, -0.1) is 0 Å². The van der Waals surface area contributed by atoms with E-state index in [2.05, 4.69) is 15.5 Å². The summed E-state index contributed by atoms with van der Waals surface area (Å²) in [6.07, 6.45) is 3.19. The summed E-state index contributed by atoms with van der Waals surface area (Å²) >= 11 is 0. The van der Waals surface area contributed by atoms with Crippen molar-refractivity contribution < 1.29 is 4.79 Å². The van der Waals surface area contributed by atoms with Crippen molar-refractivity contribution in [3.05, 3.63) is 64.1 Å². The van der Waals surface area contributed by atoms with Gasteiger partial charge < -0.3 is 10.4 Å². The zero-order valence-corrected chi connectivity index (χ0v) is 9.64. The van der Waals surface area contributed by atoms with Crippen molar-refractivity contribution in [3.8, 4) is 0 Å². The van der Waals surface area contributed by atoms with Crippen LogP contribution in [0.5, 0.6) is 0 Å². The molecule has 3 N–H and O–H groups in total. The number of hydrogen-bond donors (Lipinski definition) is 3. The molecule has 0 saturated heterocycles. The van der Waals surface area contributed by atoms with Gasteiger partial charge in [-0.2, -0.15) is 0 Å². The van der Waals surface area contributed by atoms with E-state index < -0.39 is 0 Å². The number of amides is 1. The number of benzene rings is 1. The van der Waals surface area contributed by atoms with Crippen LogP contribution in [-0.2, 0) is 11.3 Å². The number of carbonyl (C=O) groups excluding carboxylic acids is 1. The molecular formula is C13H13N3O2. The Labute approximate surface area is 104 Å². The summed E-state index contributed by atoms with van der Waals surface area (Å²) in [6.45, 7) is 0.288. The third kappa shape index (κ3) is 3.48. The van der Waals surface area contributed by atoms with Crippen molar-refractivity contribution in [3.63, 3.8) is 0 Å². The lowest BCUT2D eigenvalue weighted by atomic mass is 10.2. The highest BCUT2D eigenvalue weighted by atomic mass is 16.1. The van der Waals surface area contributed by atoms with Gasteiger partial charge in [-0.25, -0.2) is 0 Å². The molecule has 0 atom stereocenters. The molecule has 1 heterocycles. The van der Waals surface area contributed by atoms with E-state index in [0.717, 1.165) is 5.56 Å². The smallest absolute Gasteiger partial charge is 0.264 e. The first-order chi connectivity index (χ1) is 8.74. The first-order valence-electron chi connectivity index (χ1n) is 5.51. The Hall–Kier alpha value is -2.56. The van der Waals surface area contributed by atoms with E-state index in [1.165, 1.54) is 12.1 Å². The molecule has 0 spiro atoms. The molecule has 5 heteroatoms. The van der Waals surface area contributed by atoms with Crippen LogP contribution in [0.25, 0.3) is 6.08 Å². The van der Waals surface area contributed by atoms with Crippen LogP contribution in [0, 0.1) is 0 Å². The summed E-state index contributed by atoms with van der Waals surface area (Å²) in [5, 5.41) is 7.73. The average molecular weight is 243 g/mol. The Bertz CT molecular complexity index is 596. The van der Waals surface area contributed by atoms with Gasteiger partial charge in [0.1, 0.15) is 0 Å². The fourth-order valence-electron chi connectivity index (χ4n) is 1.44. The quantitative estimate of drug-likeness (QED) is 0.701. The number of aromatic amines is 2. The monoisotopic (exact) mass is 243 g/mol. The van der Waals surface area contributed by atoms with Gasteiger partial charge in [-0.3, -0.25) is 14.7 Å². The standard InChI is InChI=1S/C13H13N3O2/c17-12(7-6-10-4-2-1-3-5-10)14-9-11-8-13(18)16-15-11/h1-8H,9H2,(H,14,17)(H2,15,16,18)/b7-6+. The number of aromatic nitrogens is 2. The van der Waals surface area contributed by atoms with E-state index in [0.29, 0.717) is 5.69 Å². The minimum atomic E-state index is -0.209. The molecular weight excluding hydrogens is 230 g/mol. The molecule has 2 rings (SSSR count). The van der Waals surface area contributed by atoms with Gasteiger partial charge in [0, 0.05) is 12.1 Å². The fraction of sp³-hybridized carbons (Fsp3) is 0.0769. The third-order valence-electron chi connectivity index (χ3n) is 2.33. The predicted molar refractivity (Wildman–Crippen MR) is 68.7 cm³/mol. The zero-order valence-electron chi connectivity index (χ0n) is 9.64. The SMILES string of the molecule is O=C(/C=C/c1ccccc1)NCc1cc(=O)[nH][nH]1. The summed E-state index contributed by atoms with van der Waals surface area (Å²) in [5.74, 6) is -0.207. The van der Waals surface area contributed by atoms with Gasteiger partial charge in [0.15, 0.2) is 0 Å².